The third kappa shape index (κ3) is 2.93. The first-order valence-corrected chi connectivity index (χ1v) is 7.05. The molecule has 0 amide bonds. The number of nitrogens with one attached hydrogen (secondary N) is 1. The van der Waals surface area contributed by atoms with Gasteiger partial charge in [0.05, 0.1) is 6.61 Å². The van der Waals surface area contributed by atoms with Crippen molar-refractivity contribution < 1.29 is 24.4 Å². The van der Waals surface area contributed by atoms with Crippen LogP contribution < -0.4 is 19.3 Å². The minimum atomic E-state index is -0.0557. The molecule has 0 radical (unpaired) electrons. The van der Waals surface area contributed by atoms with Gasteiger partial charge in [-0.25, -0.2) is 0 Å². The van der Waals surface area contributed by atoms with Gasteiger partial charge in [0.2, 0.25) is 6.79 Å². The lowest BCUT2D eigenvalue weighted by Gasteiger charge is -2.22. The van der Waals surface area contributed by atoms with Gasteiger partial charge in [-0.3, -0.25) is 0 Å². The van der Waals surface area contributed by atoms with Crippen molar-refractivity contribution in [2.24, 2.45) is 0 Å². The second kappa shape index (κ2) is 6.13. The lowest BCUT2D eigenvalue weighted by atomic mass is 10.2. The number of benzene rings is 2. The van der Waals surface area contributed by atoms with Gasteiger partial charge in [-0.2, -0.15) is 0 Å². The maximum absolute atomic E-state index is 12.4. The maximum atomic E-state index is 12.4. The van der Waals surface area contributed by atoms with Crippen LogP contribution in [-0.4, -0.2) is 18.5 Å². The smallest absolute Gasteiger partial charge is 0.231 e. The zero-order valence-electron chi connectivity index (χ0n) is 12.2. The van der Waals surface area contributed by atoms with Crippen molar-refractivity contribution >= 4 is 5.69 Å². The Balaban J connectivity index is 1.76. The number of fused-ring (bicyclic) bond motifs is 1. The second-order valence-electron chi connectivity index (χ2n) is 4.90. The highest BCUT2D eigenvalue weighted by molar-refractivity contribution is 5.48. The van der Waals surface area contributed by atoms with Gasteiger partial charge in [-0.15, -0.1) is 0 Å². The molecule has 2 aromatic rings. The molecule has 2 aromatic carbocycles. The molecule has 2 N–H and O–H groups in total. The predicted molar refractivity (Wildman–Crippen MR) is 79.5 cm³/mol. The third-order valence-corrected chi connectivity index (χ3v) is 3.38. The Bertz CT molecular complexity index is 674. The van der Waals surface area contributed by atoms with Crippen LogP contribution in [0.2, 0.25) is 0 Å². The van der Waals surface area contributed by atoms with Crippen molar-refractivity contribution in [2.75, 3.05) is 13.4 Å². The summed E-state index contributed by atoms with van der Waals surface area (Å²) in [6.45, 7) is 2.70. The van der Waals surface area contributed by atoms with Crippen LogP contribution in [0.4, 0.5) is 5.69 Å². The summed E-state index contributed by atoms with van der Waals surface area (Å²) in [4.78, 5) is 0. The van der Waals surface area contributed by atoms with Gasteiger partial charge in [0.25, 0.3) is 0 Å². The molecule has 0 saturated heterocycles. The van der Waals surface area contributed by atoms with Crippen molar-refractivity contribution in [3.05, 3.63) is 47.2 Å². The first-order chi connectivity index (χ1) is 10.7. The molecule has 1 heterocycles. The Morgan fingerprint density at radius 2 is 2.00 bits per heavy atom. The molecule has 6 nitrogen and oxygen atoms in total. The van der Waals surface area contributed by atoms with Gasteiger partial charge in [0, 0.05) is 17.7 Å². The number of hydroxylamine groups is 1. The molecule has 116 valence electrons. The number of phenolic OH excluding ortho intramolecular Hbond substituents is 1. The van der Waals surface area contributed by atoms with Gasteiger partial charge in [-0.1, -0.05) is 0 Å². The van der Waals surface area contributed by atoms with Gasteiger partial charge in [0.1, 0.15) is 12.2 Å². The van der Waals surface area contributed by atoms with Crippen LogP contribution in [0, 0.1) is 5.21 Å². The molecule has 0 bridgehead atoms. The van der Waals surface area contributed by atoms with Gasteiger partial charge >= 0.3 is 0 Å². The molecule has 0 spiro atoms. The van der Waals surface area contributed by atoms with Crippen LogP contribution in [0.25, 0.3) is 0 Å². The highest BCUT2D eigenvalue weighted by Gasteiger charge is 2.15. The normalized spacial score (nSPS) is 13.9. The van der Waals surface area contributed by atoms with Crippen molar-refractivity contribution in [1.82, 2.24) is 0 Å². The number of phenols is 1. The highest BCUT2D eigenvalue weighted by Crippen LogP contribution is 2.32. The van der Waals surface area contributed by atoms with Crippen molar-refractivity contribution in [3.63, 3.8) is 0 Å². The molecule has 3 rings (SSSR count). The largest absolute Gasteiger partial charge is 0.629 e. The number of rotatable bonds is 5. The molecular formula is C16H17NO5. The number of quaternary nitrogens is 1. The minimum Gasteiger partial charge on any atom is -0.629 e. The second-order valence-corrected chi connectivity index (χ2v) is 4.90. The molecule has 1 unspecified atom stereocenters. The predicted octanol–water partition coefficient (Wildman–Crippen LogP) is 1.73. The molecule has 1 aliphatic rings. The Hall–Kier alpha value is -2.44. The molecule has 0 fully saturated rings. The fourth-order valence-electron chi connectivity index (χ4n) is 2.30. The molecule has 6 heteroatoms. The average Bonchev–Trinajstić information content (AvgIpc) is 2.97. The van der Waals surface area contributed by atoms with Crippen LogP contribution >= 0.6 is 0 Å². The summed E-state index contributed by atoms with van der Waals surface area (Å²) in [5, 5.41) is 22.0. The Morgan fingerprint density at radius 1 is 1.18 bits per heavy atom. The van der Waals surface area contributed by atoms with E-state index in [0.717, 1.165) is 5.56 Å². The SMILES string of the molecule is CCOc1cc([NH+]([O-])Cc2ccc3c(c2)OCO3)ccc1O. The summed E-state index contributed by atoms with van der Waals surface area (Å²) in [7, 11) is 0. The molecule has 1 aliphatic heterocycles. The lowest BCUT2D eigenvalue weighted by Crippen LogP contribution is -3.00. The van der Waals surface area contributed by atoms with Crippen LogP contribution in [-0.2, 0) is 6.54 Å². The molecule has 0 aromatic heterocycles. The standard InChI is InChI=1S/C16H17NO5/c1-2-20-15-8-12(4-5-13(15)18)17(19)9-11-3-6-14-16(7-11)22-10-21-14/h3-8,17-18H,2,9-10H2,1H3. The van der Waals surface area contributed by atoms with E-state index in [4.69, 9.17) is 14.2 Å². The fraction of sp³-hybridized carbons (Fsp3) is 0.250. The zero-order chi connectivity index (χ0) is 15.5. The Kier molecular flexibility index (Phi) is 4.04. The van der Waals surface area contributed by atoms with E-state index in [9.17, 15) is 10.3 Å². The summed E-state index contributed by atoms with van der Waals surface area (Å²) in [5.41, 5.74) is 1.35. The molecular weight excluding hydrogens is 286 g/mol. The number of hydrogen-bond donors (Lipinski definition) is 2. The lowest BCUT2D eigenvalue weighted by molar-refractivity contribution is -0.791. The number of hydrogen-bond acceptors (Lipinski definition) is 5. The van der Waals surface area contributed by atoms with Crippen molar-refractivity contribution in [3.8, 4) is 23.0 Å². The van der Waals surface area contributed by atoms with E-state index >= 15 is 0 Å². The van der Waals surface area contributed by atoms with Crippen LogP contribution in [0.5, 0.6) is 23.0 Å². The maximum Gasteiger partial charge on any atom is 0.231 e. The summed E-state index contributed by atoms with van der Waals surface area (Å²) in [6, 6.07) is 10.1. The van der Waals surface area contributed by atoms with E-state index in [2.05, 4.69) is 0 Å². The van der Waals surface area contributed by atoms with E-state index in [-0.39, 0.29) is 24.2 Å². The average molecular weight is 303 g/mol. The Morgan fingerprint density at radius 3 is 2.82 bits per heavy atom. The van der Waals surface area contributed by atoms with E-state index in [1.807, 2.05) is 19.1 Å². The first-order valence-electron chi connectivity index (χ1n) is 7.05. The van der Waals surface area contributed by atoms with Crippen molar-refractivity contribution in [1.29, 1.82) is 0 Å². The highest BCUT2D eigenvalue weighted by atomic mass is 16.7. The number of aromatic hydroxyl groups is 1. The molecule has 1 atom stereocenters. The van der Waals surface area contributed by atoms with Gasteiger partial charge < -0.3 is 29.6 Å². The first kappa shape index (κ1) is 14.5. The van der Waals surface area contributed by atoms with E-state index < -0.39 is 0 Å². The zero-order valence-corrected chi connectivity index (χ0v) is 12.2. The van der Waals surface area contributed by atoms with Crippen molar-refractivity contribution in [2.45, 2.75) is 13.5 Å². The monoisotopic (exact) mass is 303 g/mol. The number of ether oxygens (including phenoxy) is 3. The molecule has 0 saturated carbocycles. The van der Waals surface area contributed by atoms with E-state index in [0.29, 0.717) is 29.5 Å². The van der Waals surface area contributed by atoms with E-state index in [1.54, 1.807) is 18.2 Å². The summed E-state index contributed by atoms with van der Waals surface area (Å²) in [6.07, 6.45) is 0. The summed E-state index contributed by atoms with van der Waals surface area (Å²) < 4.78 is 15.9. The fourth-order valence-corrected chi connectivity index (χ4v) is 2.30. The topological polar surface area (TPSA) is 75.4 Å². The minimum absolute atomic E-state index is 0.0291. The van der Waals surface area contributed by atoms with Crippen LogP contribution in [0.15, 0.2) is 36.4 Å². The van der Waals surface area contributed by atoms with Gasteiger partial charge in [0.15, 0.2) is 23.0 Å². The quantitative estimate of drug-likeness (QED) is 0.650. The third-order valence-electron chi connectivity index (χ3n) is 3.38. The van der Waals surface area contributed by atoms with Crippen LogP contribution in [0.1, 0.15) is 12.5 Å². The summed E-state index contributed by atoms with van der Waals surface area (Å²) in [5.74, 6) is 1.70. The molecule has 0 aliphatic carbocycles. The Labute approximate surface area is 128 Å². The van der Waals surface area contributed by atoms with Crippen LogP contribution in [0.3, 0.4) is 0 Å². The van der Waals surface area contributed by atoms with Gasteiger partial charge in [-0.05, 0) is 31.2 Å². The summed E-state index contributed by atoms with van der Waals surface area (Å²) >= 11 is 0. The molecule has 22 heavy (non-hydrogen) atoms. The van der Waals surface area contributed by atoms with E-state index in [1.165, 1.54) is 6.07 Å².